The number of thioether (sulfide) groups is 1. The minimum absolute atomic E-state index is 0.188. The average Bonchev–Trinajstić information content (AvgIpc) is 3.17. The predicted octanol–water partition coefficient (Wildman–Crippen LogP) is 2.48. The molecule has 2 aromatic heterocycles. The number of thiazole rings is 1. The standard InChI is InChI=1S/C18H21N5O3S2/c1-10-5-11-7-28-17(19)23-18(11,9-26-10)16-22-14(8-27-16)21-15(24)13-4-3-12(25-2)6-20-13/h3-4,6,8,10-11H,5,7,9H2,1-2H3,(H2,19,23)(H,21,24)/t10-,11-,18?/m0/s1. The first-order valence-electron chi connectivity index (χ1n) is 8.87. The van der Waals surface area contributed by atoms with E-state index in [0.29, 0.717) is 29.3 Å². The molecule has 10 heteroatoms. The molecule has 4 rings (SSSR count). The molecular formula is C18H21N5O3S2. The molecule has 2 aliphatic rings. The third kappa shape index (κ3) is 3.59. The summed E-state index contributed by atoms with van der Waals surface area (Å²) in [4.78, 5) is 26.0. The van der Waals surface area contributed by atoms with E-state index in [2.05, 4.69) is 22.2 Å². The molecule has 1 amide bonds. The summed E-state index contributed by atoms with van der Waals surface area (Å²) in [5.74, 6) is 1.92. The van der Waals surface area contributed by atoms with Crippen LogP contribution in [0.15, 0.2) is 28.7 Å². The van der Waals surface area contributed by atoms with E-state index >= 15 is 0 Å². The highest BCUT2D eigenvalue weighted by molar-refractivity contribution is 8.13. The van der Waals surface area contributed by atoms with Gasteiger partial charge in [-0.2, -0.15) is 0 Å². The van der Waals surface area contributed by atoms with Gasteiger partial charge in [-0.05, 0) is 25.5 Å². The van der Waals surface area contributed by atoms with Crippen LogP contribution in [-0.4, -0.2) is 46.6 Å². The van der Waals surface area contributed by atoms with E-state index in [1.807, 2.05) is 5.38 Å². The fourth-order valence-corrected chi connectivity index (χ4v) is 5.40. The van der Waals surface area contributed by atoms with Crippen molar-refractivity contribution >= 4 is 40.0 Å². The Bertz CT molecular complexity index is 901. The predicted molar refractivity (Wildman–Crippen MR) is 110 cm³/mol. The van der Waals surface area contributed by atoms with E-state index in [1.54, 1.807) is 31.0 Å². The molecule has 3 N–H and O–H groups in total. The highest BCUT2D eigenvalue weighted by Crippen LogP contribution is 2.47. The number of pyridine rings is 1. The minimum atomic E-state index is -0.576. The van der Waals surface area contributed by atoms with Crippen molar-refractivity contribution < 1.29 is 14.3 Å². The molecule has 3 atom stereocenters. The number of amidine groups is 1. The van der Waals surface area contributed by atoms with E-state index in [-0.39, 0.29) is 17.7 Å². The van der Waals surface area contributed by atoms with Gasteiger partial charge in [0.1, 0.15) is 27.8 Å². The molecule has 148 valence electrons. The molecule has 0 aromatic carbocycles. The Balaban J connectivity index is 1.56. The van der Waals surface area contributed by atoms with Crippen LogP contribution in [-0.2, 0) is 10.3 Å². The summed E-state index contributed by atoms with van der Waals surface area (Å²) in [5, 5.41) is 5.98. The number of aliphatic imine (C=N–C) groups is 1. The first-order valence-corrected chi connectivity index (χ1v) is 10.7. The summed E-state index contributed by atoms with van der Waals surface area (Å²) >= 11 is 3.04. The first-order chi connectivity index (χ1) is 13.5. The molecule has 1 fully saturated rings. The molecule has 0 aliphatic carbocycles. The Hall–Kier alpha value is -2.17. The quantitative estimate of drug-likeness (QED) is 0.783. The van der Waals surface area contributed by atoms with Gasteiger partial charge in [0, 0.05) is 17.1 Å². The third-order valence-corrected chi connectivity index (χ3v) is 6.91. The molecule has 1 saturated heterocycles. The van der Waals surface area contributed by atoms with Gasteiger partial charge >= 0.3 is 0 Å². The number of nitrogens with two attached hydrogens (primary N) is 1. The van der Waals surface area contributed by atoms with Crippen LogP contribution in [0.4, 0.5) is 5.82 Å². The number of rotatable bonds is 4. The van der Waals surface area contributed by atoms with Crippen LogP contribution in [0.25, 0.3) is 0 Å². The second-order valence-corrected chi connectivity index (χ2v) is 8.71. The lowest BCUT2D eigenvalue weighted by molar-refractivity contribution is -0.0466. The van der Waals surface area contributed by atoms with Gasteiger partial charge in [-0.15, -0.1) is 11.3 Å². The Labute approximate surface area is 171 Å². The van der Waals surface area contributed by atoms with Crippen LogP contribution in [0, 0.1) is 5.92 Å². The molecule has 0 saturated carbocycles. The number of hydrogen-bond acceptors (Lipinski definition) is 9. The maximum absolute atomic E-state index is 12.4. The molecule has 0 spiro atoms. The van der Waals surface area contributed by atoms with Gasteiger partial charge in [0.25, 0.3) is 5.91 Å². The smallest absolute Gasteiger partial charge is 0.275 e. The van der Waals surface area contributed by atoms with E-state index < -0.39 is 5.54 Å². The van der Waals surface area contributed by atoms with E-state index in [4.69, 9.17) is 20.2 Å². The molecule has 28 heavy (non-hydrogen) atoms. The molecule has 0 bridgehead atoms. The Kier molecular flexibility index (Phi) is 5.26. The summed E-state index contributed by atoms with van der Waals surface area (Å²) in [6, 6.07) is 3.30. The van der Waals surface area contributed by atoms with Crippen LogP contribution in [0.2, 0.25) is 0 Å². The summed E-state index contributed by atoms with van der Waals surface area (Å²) in [5.41, 5.74) is 5.75. The lowest BCUT2D eigenvalue weighted by Crippen LogP contribution is -2.49. The van der Waals surface area contributed by atoms with Gasteiger partial charge < -0.3 is 20.5 Å². The van der Waals surface area contributed by atoms with E-state index in [0.717, 1.165) is 17.2 Å². The number of hydrogen-bond donors (Lipinski definition) is 2. The van der Waals surface area contributed by atoms with Gasteiger partial charge in [-0.25, -0.2) is 15.0 Å². The second-order valence-electron chi connectivity index (χ2n) is 6.81. The molecule has 2 aliphatic heterocycles. The number of fused-ring (bicyclic) bond motifs is 1. The van der Waals surface area contributed by atoms with Crippen molar-refractivity contribution in [2.75, 3.05) is 24.8 Å². The number of nitrogens with zero attached hydrogens (tertiary/aromatic N) is 3. The molecule has 0 radical (unpaired) electrons. The van der Waals surface area contributed by atoms with Crippen LogP contribution < -0.4 is 15.8 Å². The van der Waals surface area contributed by atoms with Gasteiger partial charge in [-0.1, -0.05) is 11.8 Å². The molecular weight excluding hydrogens is 398 g/mol. The van der Waals surface area contributed by atoms with Crippen LogP contribution in [0.5, 0.6) is 5.75 Å². The number of carbonyl (C=O) groups is 1. The molecule has 8 nitrogen and oxygen atoms in total. The highest BCUT2D eigenvalue weighted by Gasteiger charge is 2.49. The van der Waals surface area contributed by atoms with Gasteiger partial charge in [0.05, 0.1) is 26.0 Å². The zero-order valence-electron chi connectivity index (χ0n) is 15.5. The van der Waals surface area contributed by atoms with Crippen LogP contribution >= 0.6 is 23.1 Å². The molecule has 1 unspecified atom stereocenters. The number of methoxy groups -OCH3 is 1. The number of carbonyl (C=O) groups excluding carboxylic acids is 1. The second kappa shape index (κ2) is 7.69. The zero-order chi connectivity index (χ0) is 19.7. The third-order valence-electron chi connectivity index (χ3n) is 4.94. The lowest BCUT2D eigenvalue weighted by atomic mass is 9.80. The molecule has 4 heterocycles. The Morgan fingerprint density at radius 1 is 1.46 bits per heavy atom. The first kappa shape index (κ1) is 19.2. The fourth-order valence-electron chi connectivity index (χ4n) is 3.43. The van der Waals surface area contributed by atoms with Crippen molar-refractivity contribution in [3.8, 4) is 5.75 Å². The van der Waals surface area contributed by atoms with Crippen molar-refractivity contribution in [3.63, 3.8) is 0 Å². The number of anilines is 1. The number of amides is 1. The Morgan fingerprint density at radius 2 is 2.32 bits per heavy atom. The van der Waals surface area contributed by atoms with Gasteiger partial charge in [0.2, 0.25) is 0 Å². The maximum Gasteiger partial charge on any atom is 0.275 e. The number of ether oxygens (including phenoxy) is 2. The topological polar surface area (TPSA) is 112 Å². The summed E-state index contributed by atoms with van der Waals surface area (Å²) in [6.45, 7) is 2.52. The van der Waals surface area contributed by atoms with Gasteiger partial charge in [-0.3, -0.25) is 4.79 Å². The van der Waals surface area contributed by atoms with Gasteiger partial charge in [0.15, 0.2) is 5.17 Å². The molecule has 2 aromatic rings. The minimum Gasteiger partial charge on any atom is -0.495 e. The number of nitrogens with one attached hydrogen (secondary N) is 1. The zero-order valence-corrected chi connectivity index (χ0v) is 17.2. The highest BCUT2D eigenvalue weighted by atomic mass is 32.2. The van der Waals surface area contributed by atoms with E-state index in [1.165, 1.54) is 17.5 Å². The normalized spacial score (nSPS) is 26.9. The van der Waals surface area contributed by atoms with Crippen molar-refractivity contribution in [2.45, 2.75) is 25.0 Å². The summed E-state index contributed by atoms with van der Waals surface area (Å²) < 4.78 is 11.0. The number of aromatic nitrogens is 2. The SMILES string of the molecule is COc1ccc(C(=O)Nc2csc(C34CO[C@@H](C)C[C@H]3CSC(N)=N4)n2)nc1. The monoisotopic (exact) mass is 419 g/mol. The summed E-state index contributed by atoms with van der Waals surface area (Å²) in [7, 11) is 1.55. The van der Waals surface area contributed by atoms with Crippen LogP contribution in [0.1, 0.15) is 28.8 Å². The van der Waals surface area contributed by atoms with Crippen molar-refractivity contribution in [1.82, 2.24) is 9.97 Å². The fraction of sp³-hybridized carbons (Fsp3) is 0.444. The maximum atomic E-state index is 12.4. The lowest BCUT2D eigenvalue weighted by Gasteiger charge is -2.44. The largest absolute Gasteiger partial charge is 0.495 e. The van der Waals surface area contributed by atoms with Crippen molar-refractivity contribution in [2.24, 2.45) is 16.6 Å². The summed E-state index contributed by atoms with van der Waals surface area (Å²) in [6.07, 6.45) is 2.59. The van der Waals surface area contributed by atoms with Crippen molar-refractivity contribution in [1.29, 1.82) is 0 Å². The van der Waals surface area contributed by atoms with E-state index in [9.17, 15) is 4.79 Å². The average molecular weight is 420 g/mol. The van der Waals surface area contributed by atoms with Crippen molar-refractivity contribution in [3.05, 3.63) is 34.4 Å². The Morgan fingerprint density at radius 3 is 3.07 bits per heavy atom. The van der Waals surface area contributed by atoms with Crippen LogP contribution in [0.3, 0.4) is 0 Å².